The summed E-state index contributed by atoms with van der Waals surface area (Å²) in [6.07, 6.45) is 8.48. The lowest BCUT2D eigenvalue weighted by atomic mass is 9.83. The molecule has 1 heterocycles. The topological polar surface area (TPSA) is 20.2 Å². The van der Waals surface area contributed by atoms with Gasteiger partial charge in [0.1, 0.15) is 0 Å². The molecule has 2 rings (SSSR count). The van der Waals surface area contributed by atoms with Crippen molar-refractivity contribution in [2.75, 3.05) is 5.75 Å². The van der Waals surface area contributed by atoms with Crippen LogP contribution in [-0.2, 0) is 0 Å². The lowest BCUT2D eigenvalue weighted by Gasteiger charge is -2.38. The highest BCUT2D eigenvalue weighted by Gasteiger charge is 2.36. The SMILES string of the molecule is C[C@@]1(O)CCSC2=CCC=C[C@H]21. The molecule has 0 aromatic carbocycles. The molecule has 1 aliphatic carbocycles. The fourth-order valence-corrected chi connectivity index (χ4v) is 3.29. The largest absolute Gasteiger partial charge is 0.389 e. The second kappa shape index (κ2) is 2.93. The van der Waals surface area contributed by atoms with Crippen molar-refractivity contribution in [3.8, 4) is 0 Å². The van der Waals surface area contributed by atoms with E-state index in [0.29, 0.717) is 0 Å². The molecule has 0 aromatic heterocycles. The standard InChI is InChI=1S/C10H14OS/c1-10(11)6-7-12-9-5-3-2-4-8(9)10/h2,4-5,8,11H,3,6-7H2,1H3/t8-,10-/m1/s1. The molecule has 0 spiro atoms. The number of rotatable bonds is 0. The summed E-state index contributed by atoms with van der Waals surface area (Å²) >= 11 is 1.90. The molecule has 0 unspecified atom stereocenters. The predicted molar refractivity (Wildman–Crippen MR) is 53.0 cm³/mol. The molecule has 0 radical (unpaired) electrons. The van der Waals surface area contributed by atoms with E-state index in [1.54, 1.807) is 0 Å². The number of aliphatic hydroxyl groups is 1. The van der Waals surface area contributed by atoms with E-state index < -0.39 is 5.60 Å². The van der Waals surface area contributed by atoms with Crippen molar-refractivity contribution in [2.45, 2.75) is 25.4 Å². The van der Waals surface area contributed by atoms with Gasteiger partial charge in [0, 0.05) is 11.7 Å². The lowest BCUT2D eigenvalue weighted by molar-refractivity contribution is 0.0277. The first-order valence-electron chi connectivity index (χ1n) is 4.42. The van der Waals surface area contributed by atoms with Gasteiger partial charge in [0.2, 0.25) is 0 Å². The zero-order chi connectivity index (χ0) is 8.60. The Kier molecular flexibility index (Phi) is 2.05. The van der Waals surface area contributed by atoms with E-state index >= 15 is 0 Å². The number of hydrogen-bond acceptors (Lipinski definition) is 2. The van der Waals surface area contributed by atoms with Crippen LogP contribution in [0.1, 0.15) is 19.8 Å². The molecule has 1 aliphatic heterocycles. The van der Waals surface area contributed by atoms with Gasteiger partial charge >= 0.3 is 0 Å². The predicted octanol–water partition coefficient (Wildman–Crippen LogP) is 2.33. The Morgan fingerprint density at radius 3 is 3.25 bits per heavy atom. The maximum Gasteiger partial charge on any atom is 0.0735 e. The first kappa shape index (κ1) is 8.39. The van der Waals surface area contributed by atoms with E-state index in [1.165, 1.54) is 4.91 Å². The molecule has 0 saturated carbocycles. The van der Waals surface area contributed by atoms with Crippen LogP contribution in [0.5, 0.6) is 0 Å². The van der Waals surface area contributed by atoms with Crippen LogP contribution in [0, 0.1) is 5.92 Å². The van der Waals surface area contributed by atoms with Crippen LogP contribution >= 0.6 is 11.8 Å². The first-order valence-corrected chi connectivity index (χ1v) is 5.40. The summed E-state index contributed by atoms with van der Waals surface area (Å²) in [7, 11) is 0. The molecule has 1 nitrogen and oxygen atoms in total. The molecule has 0 amide bonds. The smallest absolute Gasteiger partial charge is 0.0735 e. The minimum Gasteiger partial charge on any atom is -0.389 e. The minimum absolute atomic E-state index is 0.269. The van der Waals surface area contributed by atoms with Crippen molar-refractivity contribution >= 4 is 11.8 Å². The second-order valence-corrected chi connectivity index (χ2v) is 4.87. The summed E-state index contributed by atoms with van der Waals surface area (Å²) in [6.45, 7) is 1.95. The van der Waals surface area contributed by atoms with E-state index in [2.05, 4.69) is 18.2 Å². The van der Waals surface area contributed by atoms with Crippen molar-refractivity contribution in [2.24, 2.45) is 5.92 Å². The molecule has 1 fully saturated rings. The maximum atomic E-state index is 10.1. The zero-order valence-corrected chi connectivity index (χ0v) is 8.10. The molecule has 12 heavy (non-hydrogen) atoms. The quantitative estimate of drug-likeness (QED) is 0.580. The van der Waals surface area contributed by atoms with Gasteiger partial charge in [-0.1, -0.05) is 18.2 Å². The summed E-state index contributed by atoms with van der Waals surface area (Å²) in [5.74, 6) is 1.33. The highest BCUT2D eigenvalue weighted by Crippen LogP contribution is 2.43. The van der Waals surface area contributed by atoms with Gasteiger partial charge in [0.25, 0.3) is 0 Å². The number of allylic oxidation sites excluding steroid dienone is 2. The van der Waals surface area contributed by atoms with Gasteiger partial charge in [-0.05, 0) is 24.7 Å². The van der Waals surface area contributed by atoms with Crippen molar-refractivity contribution in [1.82, 2.24) is 0 Å². The normalized spacial score (nSPS) is 40.5. The molecule has 1 N–H and O–H groups in total. The van der Waals surface area contributed by atoms with Gasteiger partial charge in [0.05, 0.1) is 5.60 Å². The molecule has 0 bridgehead atoms. The number of hydrogen-bond donors (Lipinski definition) is 1. The Bertz CT molecular complexity index is 240. The van der Waals surface area contributed by atoms with Crippen LogP contribution in [0.4, 0.5) is 0 Å². The van der Waals surface area contributed by atoms with E-state index in [-0.39, 0.29) is 5.92 Å². The summed E-state index contributed by atoms with van der Waals surface area (Å²) in [4.78, 5) is 1.37. The van der Waals surface area contributed by atoms with E-state index in [0.717, 1.165) is 18.6 Å². The second-order valence-electron chi connectivity index (χ2n) is 3.70. The Hall–Kier alpha value is -0.210. The summed E-state index contributed by atoms with van der Waals surface area (Å²) in [5.41, 5.74) is -0.506. The van der Waals surface area contributed by atoms with Gasteiger partial charge < -0.3 is 5.11 Å². The molecule has 2 aliphatic rings. The number of thioether (sulfide) groups is 1. The van der Waals surface area contributed by atoms with E-state index in [1.807, 2.05) is 18.7 Å². The Labute approximate surface area is 77.6 Å². The van der Waals surface area contributed by atoms with Gasteiger partial charge in [-0.15, -0.1) is 11.8 Å². The molecule has 0 aromatic rings. The van der Waals surface area contributed by atoms with E-state index in [9.17, 15) is 5.11 Å². The molecule has 2 heteroatoms. The fraction of sp³-hybridized carbons (Fsp3) is 0.600. The summed E-state index contributed by atoms with van der Waals surface area (Å²) in [5, 5.41) is 10.1. The molecule has 2 atom stereocenters. The highest BCUT2D eigenvalue weighted by molar-refractivity contribution is 8.03. The van der Waals surface area contributed by atoms with Gasteiger partial charge in [-0.25, -0.2) is 0 Å². The van der Waals surface area contributed by atoms with Crippen molar-refractivity contribution in [3.63, 3.8) is 0 Å². The molecular weight excluding hydrogens is 168 g/mol. The van der Waals surface area contributed by atoms with Gasteiger partial charge in [-0.2, -0.15) is 0 Å². The maximum absolute atomic E-state index is 10.1. The zero-order valence-electron chi connectivity index (χ0n) is 7.29. The van der Waals surface area contributed by atoms with Crippen LogP contribution in [0.2, 0.25) is 0 Å². The average Bonchev–Trinajstić information content (AvgIpc) is 2.04. The van der Waals surface area contributed by atoms with Crippen LogP contribution in [0.3, 0.4) is 0 Å². The van der Waals surface area contributed by atoms with Gasteiger partial charge in [0.15, 0.2) is 0 Å². The monoisotopic (exact) mass is 182 g/mol. The lowest BCUT2D eigenvalue weighted by Crippen LogP contribution is -2.38. The Balaban J connectivity index is 2.27. The highest BCUT2D eigenvalue weighted by atomic mass is 32.2. The Morgan fingerprint density at radius 2 is 2.50 bits per heavy atom. The van der Waals surface area contributed by atoms with Crippen LogP contribution < -0.4 is 0 Å². The van der Waals surface area contributed by atoms with Crippen molar-refractivity contribution < 1.29 is 5.11 Å². The average molecular weight is 182 g/mol. The Morgan fingerprint density at radius 1 is 1.67 bits per heavy atom. The third kappa shape index (κ3) is 1.34. The van der Waals surface area contributed by atoms with Crippen molar-refractivity contribution in [1.29, 1.82) is 0 Å². The van der Waals surface area contributed by atoms with Crippen LogP contribution in [0.15, 0.2) is 23.1 Å². The third-order valence-corrected chi connectivity index (χ3v) is 3.80. The minimum atomic E-state index is -0.506. The van der Waals surface area contributed by atoms with Crippen molar-refractivity contribution in [3.05, 3.63) is 23.1 Å². The number of fused-ring (bicyclic) bond motifs is 1. The molecular formula is C10H14OS. The van der Waals surface area contributed by atoms with Crippen LogP contribution in [0.25, 0.3) is 0 Å². The van der Waals surface area contributed by atoms with Gasteiger partial charge in [-0.3, -0.25) is 0 Å². The summed E-state index contributed by atoms with van der Waals surface area (Å²) < 4.78 is 0. The molecule has 1 saturated heterocycles. The molecule has 66 valence electrons. The fourth-order valence-electron chi connectivity index (χ4n) is 1.81. The van der Waals surface area contributed by atoms with E-state index in [4.69, 9.17) is 0 Å². The van der Waals surface area contributed by atoms with Crippen LogP contribution in [-0.4, -0.2) is 16.5 Å². The third-order valence-electron chi connectivity index (χ3n) is 2.64. The summed E-state index contributed by atoms with van der Waals surface area (Å²) in [6, 6.07) is 0. The first-order chi connectivity index (χ1) is 5.70.